The van der Waals surface area contributed by atoms with Crippen LogP contribution in [0.3, 0.4) is 0 Å². The van der Waals surface area contributed by atoms with Gasteiger partial charge < -0.3 is 16.2 Å². The Morgan fingerprint density at radius 1 is 1.25 bits per heavy atom. The van der Waals surface area contributed by atoms with Gasteiger partial charge in [0.15, 0.2) is 0 Å². The lowest BCUT2D eigenvalue weighted by molar-refractivity contribution is -0.133. The van der Waals surface area contributed by atoms with E-state index in [2.05, 4.69) is 26.1 Å². The number of carbonyl (C=O) groups is 1. The number of rotatable bonds is 5. The van der Waals surface area contributed by atoms with E-state index in [0.29, 0.717) is 13.0 Å². The molecule has 0 aromatic heterocycles. The molecule has 0 aliphatic heterocycles. The molecule has 1 atom stereocenters. The summed E-state index contributed by atoms with van der Waals surface area (Å²) in [4.78, 5) is 12.8. The number of nitrogens with one attached hydrogen (secondary N) is 1. The zero-order chi connectivity index (χ0) is 15.2. The van der Waals surface area contributed by atoms with Crippen molar-refractivity contribution in [3.05, 3.63) is 0 Å². The maximum atomic E-state index is 12.8. The first kappa shape index (κ1) is 17.4. The predicted octanol–water partition coefficient (Wildman–Crippen LogP) is 2.20. The molecule has 1 fully saturated rings. The van der Waals surface area contributed by atoms with Gasteiger partial charge in [0.05, 0.1) is 5.41 Å². The molecule has 1 amide bonds. The summed E-state index contributed by atoms with van der Waals surface area (Å²) in [6, 6.07) is -0.00771. The highest BCUT2D eigenvalue weighted by Crippen LogP contribution is 2.35. The quantitative estimate of drug-likeness (QED) is 0.677. The zero-order valence-corrected chi connectivity index (χ0v) is 13.4. The number of aliphatic hydroxyl groups is 1. The SMILES string of the molecule is CC(C)(C)C(CCO)NC(=O)C1(CN)CCCCCC1. The van der Waals surface area contributed by atoms with E-state index in [9.17, 15) is 9.90 Å². The van der Waals surface area contributed by atoms with E-state index in [0.717, 1.165) is 25.7 Å². The van der Waals surface area contributed by atoms with Crippen molar-refractivity contribution in [2.45, 2.75) is 71.8 Å². The number of aliphatic hydroxyl groups excluding tert-OH is 1. The monoisotopic (exact) mass is 284 g/mol. The van der Waals surface area contributed by atoms with Crippen molar-refractivity contribution < 1.29 is 9.90 Å². The molecule has 0 heterocycles. The van der Waals surface area contributed by atoms with Gasteiger partial charge in [-0.25, -0.2) is 0 Å². The molecule has 0 bridgehead atoms. The summed E-state index contributed by atoms with van der Waals surface area (Å²) in [5.41, 5.74) is 5.51. The first-order valence-corrected chi connectivity index (χ1v) is 7.97. The van der Waals surface area contributed by atoms with Gasteiger partial charge in [-0.15, -0.1) is 0 Å². The fraction of sp³-hybridized carbons (Fsp3) is 0.938. The Balaban J connectivity index is 2.79. The summed E-state index contributed by atoms with van der Waals surface area (Å²) < 4.78 is 0. The number of nitrogens with two attached hydrogens (primary N) is 1. The Hall–Kier alpha value is -0.610. The van der Waals surface area contributed by atoms with Gasteiger partial charge in [-0.1, -0.05) is 46.5 Å². The summed E-state index contributed by atoms with van der Waals surface area (Å²) in [6.07, 6.45) is 6.96. The molecular weight excluding hydrogens is 252 g/mol. The van der Waals surface area contributed by atoms with Crippen LogP contribution in [0.4, 0.5) is 0 Å². The Labute approximate surface area is 123 Å². The second-order valence-electron chi connectivity index (χ2n) is 7.30. The van der Waals surface area contributed by atoms with Crippen LogP contribution in [0.1, 0.15) is 65.7 Å². The van der Waals surface area contributed by atoms with Gasteiger partial charge in [0, 0.05) is 19.2 Å². The van der Waals surface area contributed by atoms with E-state index in [-0.39, 0.29) is 24.0 Å². The minimum Gasteiger partial charge on any atom is -0.396 e. The molecule has 0 spiro atoms. The maximum Gasteiger partial charge on any atom is 0.227 e. The van der Waals surface area contributed by atoms with E-state index in [1.165, 1.54) is 12.8 Å². The fourth-order valence-electron chi connectivity index (χ4n) is 3.09. The van der Waals surface area contributed by atoms with Crippen molar-refractivity contribution in [2.75, 3.05) is 13.2 Å². The second-order valence-corrected chi connectivity index (χ2v) is 7.30. The molecular formula is C16H32N2O2. The molecule has 0 aromatic carbocycles. The third-order valence-corrected chi connectivity index (χ3v) is 4.70. The van der Waals surface area contributed by atoms with Gasteiger partial charge in [-0.3, -0.25) is 4.79 Å². The molecule has 20 heavy (non-hydrogen) atoms. The zero-order valence-electron chi connectivity index (χ0n) is 13.4. The molecule has 4 N–H and O–H groups in total. The third-order valence-electron chi connectivity index (χ3n) is 4.70. The van der Waals surface area contributed by atoms with Crippen LogP contribution in [0.25, 0.3) is 0 Å². The normalized spacial score (nSPS) is 21.1. The summed E-state index contributed by atoms with van der Waals surface area (Å²) in [5.74, 6) is 0.0928. The lowest BCUT2D eigenvalue weighted by Gasteiger charge is -2.36. The van der Waals surface area contributed by atoms with Crippen LogP contribution in [0, 0.1) is 10.8 Å². The van der Waals surface area contributed by atoms with Crippen LogP contribution in [-0.2, 0) is 4.79 Å². The average molecular weight is 284 g/mol. The van der Waals surface area contributed by atoms with Gasteiger partial charge in [0.25, 0.3) is 0 Å². The summed E-state index contributed by atoms with van der Waals surface area (Å²) >= 11 is 0. The van der Waals surface area contributed by atoms with Crippen LogP contribution < -0.4 is 11.1 Å². The summed E-state index contributed by atoms with van der Waals surface area (Å²) in [6.45, 7) is 6.80. The van der Waals surface area contributed by atoms with Gasteiger partial charge in [0.1, 0.15) is 0 Å². The predicted molar refractivity (Wildman–Crippen MR) is 82.3 cm³/mol. The van der Waals surface area contributed by atoms with Crippen molar-refractivity contribution in [2.24, 2.45) is 16.6 Å². The average Bonchev–Trinajstić information content (AvgIpc) is 2.63. The molecule has 1 aliphatic rings. The number of hydrogen-bond donors (Lipinski definition) is 3. The van der Waals surface area contributed by atoms with E-state index in [4.69, 9.17) is 5.73 Å². The highest BCUT2D eigenvalue weighted by Gasteiger charge is 2.39. The fourth-order valence-corrected chi connectivity index (χ4v) is 3.09. The molecule has 1 saturated carbocycles. The highest BCUT2D eigenvalue weighted by atomic mass is 16.3. The van der Waals surface area contributed by atoms with E-state index < -0.39 is 5.41 Å². The molecule has 118 valence electrons. The van der Waals surface area contributed by atoms with Crippen LogP contribution in [0.2, 0.25) is 0 Å². The van der Waals surface area contributed by atoms with Gasteiger partial charge in [0.2, 0.25) is 5.91 Å². The second kappa shape index (κ2) is 7.41. The molecule has 1 rings (SSSR count). The summed E-state index contributed by atoms with van der Waals surface area (Å²) in [5, 5.41) is 12.4. The smallest absolute Gasteiger partial charge is 0.227 e. The van der Waals surface area contributed by atoms with Gasteiger partial charge in [-0.05, 0) is 24.7 Å². The lowest BCUT2D eigenvalue weighted by Crippen LogP contribution is -2.52. The summed E-state index contributed by atoms with van der Waals surface area (Å²) in [7, 11) is 0. The van der Waals surface area contributed by atoms with Crippen molar-refractivity contribution >= 4 is 5.91 Å². The largest absolute Gasteiger partial charge is 0.396 e. The van der Waals surface area contributed by atoms with E-state index in [1.54, 1.807) is 0 Å². The van der Waals surface area contributed by atoms with Crippen LogP contribution in [0.5, 0.6) is 0 Å². The Kier molecular flexibility index (Phi) is 6.46. The van der Waals surface area contributed by atoms with Crippen molar-refractivity contribution in [3.63, 3.8) is 0 Å². The van der Waals surface area contributed by atoms with Crippen LogP contribution in [-0.4, -0.2) is 30.2 Å². The van der Waals surface area contributed by atoms with Gasteiger partial charge in [-0.2, -0.15) is 0 Å². The molecule has 0 aromatic rings. The number of carbonyl (C=O) groups excluding carboxylic acids is 1. The first-order valence-electron chi connectivity index (χ1n) is 7.97. The Bertz CT molecular complexity index is 302. The molecule has 1 aliphatic carbocycles. The molecule has 4 nitrogen and oxygen atoms in total. The Morgan fingerprint density at radius 2 is 1.80 bits per heavy atom. The standard InChI is InChI=1S/C16H32N2O2/c1-15(2,3)13(8-11-19)18-14(20)16(12-17)9-6-4-5-7-10-16/h13,19H,4-12,17H2,1-3H3,(H,18,20). The molecule has 0 saturated heterocycles. The maximum absolute atomic E-state index is 12.8. The van der Waals surface area contributed by atoms with Gasteiger partial charge >= 0.3 is 0 Å². The van der Waals surface area contributed by atoms with Crippen molar-refractivity contribution in [1.29, 1.82) is 0 Å². The van der Waals surface area contributed by atoms with Crippen LogP contribution in [0.15, 0.2) is 0 Å². The van der Waals surface area contributed by atoms with Crippen molar-refractivity contribution in [3.8, 4) is 0 Å². The van der Waals surface area contributed by atoms with E-state index in [1.807, 2.05) is 0 Å². The van der Waals surface area contributed by atoms with Crippen molar-refractivity contribution in [1.82, 2.24) is 5.32 Å². The van der Waals surface area contributed by atoms with Crippen LogP contribution >= 0.6 is 0 Å². The number of hydrogen-bond acceptors (Lipinski definition) is 3. The third kappa shape index (κ3) is 4.45. The first-order chi connectivity index (χ1) is 9.35. The molecule has 1 unspecified atom stereocenters. The number of amides is 1. The Morgan fingerprint density at radius 3 is 2.20 bits per heavy atom. The minimum absolute atomic E-state index is 0.00771. The highest BCUT2D eigenvalue weighted by molar-refractivity contribution is 5.83. The minimum atomic E-state index is -0.393. The topological polar surface area (TPSA) is 75.3 Å². The van der Waals surface area contributed by atoms with E-state index >= 15 is 0 Å². The molecule has 0 radical (unpaired) electrons. The molecule has 4 heteroatoms. The lowest BCUT2D eigenvalue weighted by atomic mass is 9.78.